The van der Waals surface area contributed by atoms with Gasteiger partial charge in [-0.2, -0.15) is 4.31 Å². The van der Waals surface area contributed by atoms with E-state index in [-0.39, 0.29) is 11.8 Å². The van der Waals surface area contributed by atoms with Crippen molar-refractivity contribution in [2.24, 2.45) is 5.92 Å². The molecule has 0 saturated carbocycles. The third-order valence-corrected chi connectivity index (χ3v) is 9.78. The summed E-state index contributed by atoms with van der Waals surface area (Å²) in [6.45, 7) is 7.70. The number of carbonyl (C=O) groups is 1. The summed E-state index contributed by atoms with van der Waals surface area (Å²) in [5.41, 5.74) is 0. The minimum absolute atomic E-state index is 0.105. The molecule has 1 amide bonds. The number of hydrogen-bond acceptors (Lipinski definition) is 5. The maximum Gasteiger partial charge on any atom is 0.243 e. The fourth-order valence-corrected chi connectivity index (χ4v) is 7.24. The van der Waals surface area contributed by atoms with Crippen LogP contribution in [-0.2, 0) is 14.8 Å². The molecule has 0 atom stereocenters. The van der Waals surface area contributed by atoms with Gasteiger partial charge in [0.25, 0.3) is 0 Å². The smallest absolute Gasteiger partial charge is 0.243 e. The minimum atomic E-state index is -3.43. The normalized spacial score (nSPS) is 22.6. The Morgan fingerprint density at radius 1 is 0.882 bits per heavy atom. The Balaban J connectivity index is 1.07. The van der Waals surface area contributed by atoms with Crippen molar-refractivity contribution in [1.29, 1.82) is 0 Å². The number of carbonyl (C=O) groups excluding carboxylic acids is 1. The number of hydrogen-bond donors (Lipinski definition) is 1. The third-order valence-electron chi connectivity index (χ3n) is 7.87. The second-order valence-corrected chi connectivity index (χ2v) is 12.2. The lowest BCUT2D eigenvalue weighted by molar-refractivity contribution is -0.122. The highest BCUT2D eigenvalue weighted by atomic mass is 32.2. The highest BCUT2D eigenvalue weighted by Gasteiger charge is 2.30. The fourth-order valence-electron chi connectivity index (χ4n) is 5.75. The zero-order valence-electron chi connectivity index (χ0n) is 20.5. The molecule has 34 heavy (non-hydrogen) atoms. The molecule has 3 aliphatic heterocycles. The van der Waals surface area contributed by atoms with Gasteiger partial charge >= 0.3 is 0 Å². The molecular weight excluding hydrogens is 448 g/mol. The standard InChI is InChI=1S/C26H42N4O3S/c31-26(22-23-10-20-30(21-11-23)34(32,33)25-8-3-1-4-9-25)27-14-7-15-28-18-12-24(13-19-28)29-16-5-2-6-17-29/h1,3-4,8-9,23-24H,2,5-7,10-22H2,(H,27,31). The van der Waals surface area contributed by atoms with Gasteiger partial charge in [-0.3, -0.25) is 4.79 Å². The third kappa shape index (κ3) is 7.03. The summed E-state index contributed by atoms with van der Waals surface area (Å²) in [6.07, 6.45) is 9.68. The van der Waals surface area contributed by atoms with Crippen LogP contribution in [0.2, 0.25) is 0 Å². The van der Waals surface area contributed by atoms with Gasteiger partial charge in [0.15, 0.2) is 0 Å². The summed E-state index contributed by atoms with van der Waals surface area (Å²) < 4.78 is 27.1. The van der Waals surface area contributed by atoms with Crippen molar-refractivity contribution >= 4 is 15.9 Å². The van der Waals surface area contributed by atoms with Crippen molar-refractivity contribution in [3.05, 3.63) is 30.3 Å². The maximum absolute atomic E-state index is 12.8. The van der Waals surface area contributed by atoms with E-state index in [2.05, 4.69) is 15.1 Å². The Morgan fingerprint density at radius 3 is 2.24 bits per heavy atom. The van der Waals surface area contributed by atoms with E-state index in [1.165, 1.54) is 58.3 Å². The molecule has 0 spiro atoms. The van der Waals surface area contributed by atoms with Crippen LogP contribution < -0.4 is 5.32 Å². The maximum atomic E-state index is 12.8. The molecule has 1 N–H and O–H groups in total. The zero-order valence-corrected chi connectivity index (χ0v) is 21.4. The van der Waals surface area contributed by atoms with Gasteiger partial charge in [0, 0.05) is 32.1 Å². The Labute approximate surface area is 205 Å². The number of rotatable bonds is 9. The van der Waals surface area contributed by atoms with E-state index in [1.54, 1.807) is 28.6 Å². The van der Waals surface area contributed by atoms with Crippen LogP contribution in [0.5, 0.6) is 0 Å². The van der Waals surface area contributed by atoms with E-state index >= 15 is 0 Å². The van der Waals surface area contributed by atoms with E-state index in [4.69, 9.17) is 0 Å². The number of benzene rings is 1. The molecule has 3 aliphatic rings. The van der Waals surface area contributed by atoms with Crippen LogP contribution in [0.3, 0.4) is 0 Å². The first kappa shape index (κ1) is 25.6. The first-order valence-electron chi connectivity index (χ1n) is 13.3. The molecule has 0 aliphatic carbocycles. The van der Waals surface area contributed by atoms with Crippen molar-refractivity contribution in [3.63, 3.8) is 0 Å². The van der Waals surface area contributed by atoms with Gasteiger partial charge in [-0.05, 0) is 95.7 Å². The van der Waals surface area contributed by atoms with Crippen LogP contribution in [0, 0.1) is 5.92 Å². The Hall–Kier alpha value is -1.48. The van der Waals surface area contributed by atoms with Gasteiger partial charge in [-0.25, -0.2) is 8.42 Å². The van der Waals surface area contributed by atoms with Gasteiger partial charge in [0.1, 0.15) is 0 Å². The molecule has 0 bridgehead atoms. The summed E-state index contributed by atoms with van der Waals surface area (Å²) in [6, 6.07) is 9.40. The first-order chi connectivity index (χ1) is 16.5. The van der Waals surface area contributed by atoms with Crippen LogP contribution in [0.4, 0.5) is 0 Å². The van der Waals surface area contributed by atoms with Crippen molar-refractivity contribution < 1.29 is 13.2 Å². The van der Waals surface area contributed by atoms with Crippen LogP contribution in [-0.4, -0.2) is 86.8 Å². The van der Waals surface area contributed by atoms with Crippen molar-refractivity contribution in [3.8, 4) is 0 Å². The van der Waals surface area contributed by atoms with Crippen molar-refractivity contribution in [2.45, 2.75) is 68.7 Å². The van der Waals surface area contributed by atoms with Crippen LogP contribution in [0.15, 0.2) is 35.2 Å². The largest absolute Gasteiger partial charge is 0.356 e. The Kier molecular flexibility index (Phi) is 9.39. The number of sulfonamides is 1. The van der Waals surface area contributed by atoms with E-state index in [0.29, 0.717) is 24.4 Å². The van der Waals surface area contributed by atoms with Crippen LogP contribution in [0.1, 0.15) is 57.8 Å². The molecule has 8 heteroatoms. The summed E-state index contributed by atoms with van der Waals surface area (Å²) in [4.78, 5) is 18.0. The predicted octanol–water partition coefficient (Wildman–Crippen LogP) is 2.93. The lowest BCUT2D eigenvalue weighted by atomic mass is 9.94. The highest BCUT2D eigenvalue weighted by molar-refractivity contribution is 7.89. The van der Waals surface area contributed by atoms with Gasteiger partial charge < -0.3 is 15.1 Å². The number of piperidine rings is 3. The van der Waals surface area contributed by atoms with Gasteiger partial charge in [-0.15, -0.1) is 0 Å². The molecule has 3 saturated heterocycles. The minimum Gasteiger partial charge on any atom is -0.356 e. The molecule has 190 valence electrons. The monoisotopic (exact) mass is 490 g/mol. The van der Waals surface area contributed by atoms with E-state index < -0.39 is 10.0 Å². The summed E-state index contributed by atoms with van der Waals surface area (Å²) in [7, 11) is -3.43. The molecular formula is C26H42N4O3S. The average Bonchev–Trinajstić information content (AvgIpc) is 2.88. The van der Waals surface area contributed by atoms with Gasteiger partial charge in [0.05, 0.1) is 4.90 Å². The topological polar surface area (TPSA) is 73.0 Å². The molecule has 0 aromatic heterocycles. The predicted molar refractivity (Wildman–Crippen MR) is 135 cm³/mol. The highest BCUT2D eigenvalue weighted by Crippen LogP contribution is 2.25. The number of likely N-dealkylation sites (tertiary alicyclic amines) is 2. The van der Waals surface area contributed by atoms with E-state index in [0.717, 1.165) is 38.4 Å². The fraction of sp³-hybridized carbons (Fsp3) is 0.731. The molecule has 0 radical (unpaired) electrons. The quantitative estimate of drug-likeness (QED) is 0.539. The second-order valence-electron chi connectivity index (χ2n) is 10.2. The second kappa shape index (κ2) is 12.5. The lowest BCUT2D eigenvalue weighted by Crippen LogP contribution is -2.47. The summed E-state index contributed by atoms with van der Waals surface area (Å²) in [5, 5.41) is 3.09. The lowest BCUT2D eigenvalue weighted by Gasteiger charge is -2.40. The summed E-state index contributed by atoms with van der Waals surface area (Å²) in [5.74, 6) is 0.365. The summed E-state index contributed by atoms with van der Waals surface area (Å²) >= 11 is 0. The molecule has 7 nitrogen and oxygen atoms in total. The Morgan fingerprint density at radius 2 is 1.56 bits per heavy atom. The molecule has 0 unspecified atom stereocenters. The van der Waals surface area contributed by atoms with Crippen LogP contribution >= 0.6 is 0 Å². The Bertz CT molecular complexity index is 857. The molecule has 4 rings (SSSR count). The SMILES string of the molecule is O=C(CC1CCN(S(=O)(=O)c2ccccc2)CC1)NCCCN1CCC(N2CCCCC2)CC1. The number of nitrogens with one attached hydrogen (secondary N) is 1. The van der Waals surface area contributed by atoms with E-state index in [9.17, 15) is 13.2 Å². The molecule has 1 aromatic rings. The number of amides is 1. The van der Waals surface area contributed by atoms with Crippen LogP contribution in [0.25, 0.3) is 0 Å². The number of nitrogens with zero attached hydrogens (tertiary/aromatic N) is 3. The molecule has 1 aromatic carbocycles. The van der Waals surface area contributed by atoms with Crippen molar-refractivity contribution in [1.82, 2.24) is 19.4 Å². The first-order valence-corrected chi connectivity index (χ1v) is 14.7. The van der Waals surface area contributed by atoms with Gasteiger partial charge in [0.2, 0.25) is 15.9 Å². The van der Waals surface area contributed by atoms with E-state index in [1.807, 2.05) is 6.07 Å². The average molecular weight is 491 g/mol. The molecule has 3 heterocycles. The zero-order chi connectivity index (χ0) is 23.8. The van der Waals surface area contributed by atoms with Gasteiger partial charge in [-0.1, -0.05) is 24.6 Å². The van der Waals surface area contributed by atoms with Crippen molar-refractivity contribution in [2.75, 3.05) is 52.4 Å². The molecule has 3 fully saturated rings.